The topological polar surface area (TPSA) is 55.5 Å². The predicted molar refractivity (Wildman–Crippen MR) is 55.2 cm³/mol. The largest absolute Gasteiger partial charge is 0.507 e. The number of phenols is 1. The number of alkyl halides is 3. The normalized spacial score (nSPS) is 11.6. The van der Waals surface area contributed by atoms with Crippen LogP contribution in [0.25, 0.3) is 11.3 Å². The molecule has 1 N–H and O–H groups in total. The van der Waals surface area contributed by atoms with Crippen LogP contribution >= 0.6 is 0 Å². The number of ether oxygens (including phenoxy) is 1. The molecule has 1 heterocycles. The van der Waals surface area contributed by atoms with Crippen molar-refractivity contribution in [3.05, 3.63) is 30.0 Å². The zero-order valence-electron chi connectivity index (χ0n) is 9.15. The fourth-order valence-corrected chi connectivity index (χ4v) is 1.38. The van der Waals surface area contributed by atoms with Crippen molar-refractivity contribution in [3.8, 4) is 22.8 Å². The van der Waals surface area contributed by atoms with E-state index in [1.54, 1.807) is 0 Å². The Bertz CT molecular complexity index is 563. The van der Waals surface area contributed by atoms with Crippen LogP contribution in [0.4, 0.5) is 13.2 Å². The number of nitrogens with zero attached hydrogens (tertiary/aromatic N) is 1. The molecule has 0 spiro atoms. The van der Waals surface area contributed by atoms with Gasteiger partial charge in [0.1, 0.15) is 11.5 Å². The zero-order valence-corrected chi connectivity index (χ0v) is 9.15. The van der Waals surface area contributed by atoms with Gasteiger partial charge in [0, 0.05) is 12.1 Å². The van der Waals surface area contributed by atoms with Crippen LogP contribution in [0.3, 0.4) is 0 Å². The Hall–Kier alpha value is -2.18. The number of hydrogen-bond acceptors (Lipinski definition) is 4. The Morgan fingerprint density at radius 1 is 1.28 bits per heavy atom. The molecule has 4 nitrogen and oxygen atoms in total. The number of rotatable bonds is 2. The van der Waals surface area contributed by atoms with E-state index in [2.05, 4.69) is 9.68 Å². The summed E-state index contributed by atoms with van der Waals surface area (Å²) >= 11 is 0. The van der Waals surface area contributed by atoms with E-state index in [-0.39, 0.29) is 17.1 Å². The fourth-order valence-electron chi connectivity index (χ4n) is 1.38. The summed E-state index contributed by atoms with van der Waals surface area (Å²) in [6.45, 7) is 0. The second-order valence-electron chi connectivity index (χ2n) is 3.46. The summed E-state index contributed by atoms with van der Waals surface area (Å²) in [5.74, 6) is -0.0338. The molecule has 18 heavy (non-hydrogen) atoms. The molecule has 0 unspecified atom stereocenters. The van der Waals surface area contributed by atoms with Crippen LogP contribution < -0.4 is 4.74 Å². The van der Waals surface area contributed by atoms with E-state index < -0.39 is 11.9 Å². The first-order valence-electron chi connectivity index (χ1n) is 4.83. The highest BCUT2D eigenvalue weighted by Gasteiger charge is 2.35. The zero-order chi connectivity index (χ0) is 13.3. The average Bonchev–Trinajstić information content (AvgIpc) is 2.77. The van der Waals surface area contributed by atoms with Gasteiger partial charge in [-0.05, 0) is 12.1 Å². The Morgan fingerprint density at radius 2 is 2.00 bits per heavy atom. The summed E-state index contributed by atoms with van der Waals surface area (Å²) in [6.07, 6.45) is -4.58. The highest BCUT2D eigenvalue weighted by molar-refractivity contribution is 5.66. The third kappa shape index (κ3) is 2.24. The lowest BCUT2D eigenvalue weighted by Crippen LogP contribution is -2.04. The van der Waals surface area contributed by atoms with Gasteiger partial charge in [-0.1, -0.05) is 5.16 Å². The van der Waals surface area contributed by atoms with Gasteiger partial charge in [-0.25, -0.2) is 0 Å². The number of phenolic OH excluding ortho intramolecular Hbond substituents is 1. The minimum atomic E-state index is -4.58. The number of aromatic hydroxyl groups is 1. The first-order chi connectivity index (χ1) is 8.41. The van der Waals surface area contributed by atoms with E-state index in [0.717, 1.165) is 6.07 Å². The molecule has 0 saturated heterocycles. The Balaban J connectivity index is 2.40. The van der Waals surface area contributed by atoms with E-state index in [4.69, 9.17) is 4.74 Å². The lowest BCUT2D eigenvalue weighted by atomic mass is 10.1. The first-order valence-corrected chi connectivity index (χ1v) is 4.83. The SMILES string of the molecule is COc1ccc(-c2cc(C(F)(F)F)no2)c(O)c1. The van der Waals surface area contributed by atoms with Crippen molar-refractivity contribution >= 4 is 0 Å². The summed E-state index contributed by atoms with van der Waals surface area (Å²) in [5, 5.41) is 12.5. The second-order valence-corrected chi connectivity index (χ2v) is 3.46. The van der Waals surface area contributed by atoms with Crippen molar-refractivity contribution in [2.45, 2.75) is 6.18 Å². The van der Waals surface area contributed by atoms with Gasteiger partial charge >= 0.3 is 6.18 Å². The maximum atomic E-state index is 12.3. The van der Waals surface area contributed by atoms with Crippen LogP contribution in [0.15, 0.2) is 28.8 Å². The second kappa shape index (κ2) is 4.25. The van der Waals surface area contributed by atoms with Gasteiger partial charge in [0.05, 0.1) is 12.7 Å². The summed E-state index contributed by atoms with van der Waals surface area (Å²) in [5.41, 5.74) is -1.04. The number of aromatic nitrogens is 1. The van der Waals surface area contributed by atoms with Crippen molar-refractivity contribution in [1.82, 2.24) is 5.16 Å². The highest BCUT2D eigenvalue weighted by Crippen LogP contribution is 2.36. The molecule has 0 saturated carbocycles. The van der Waals surface area contributed by atoms with Gasteiger partial charge in [-0.15, -0.1) is 0 Å². The number of benzene rings is 1. The minimum absolute atomic E-state index is 0.110. The molecule has 7 heteroatoms. The van der Waals surface area contributed by atoms with Crippen molar-refractivity contribution in [2.75, 3.05) is 7.11 Å². The van der Waals surface area contributed by atoms with E-state index >= 15 is 0 Å². The van der Waals surface area contributed by atoms with Crippen molar-refractivity contribution < 1.29 is 27.5 Å². The molecule has 2 rings (SSSR count). The number of hydrogen-bond donors (Lipinski definition) is 1. The quantitative estimate of drug-likeness (QED) is 0.900. The molecule has 1 aromatic carbocycles. The van der Waals surface area contributed by atoms with Crippen LogP contribution in [-0.2, 0) is 6.18 Å². The Kier molecular flexibility index (Phi) is 2.90. The highest BCUT2D eigenvalue weighted by atomic mass is 19.4. The lowest BCUT2D eigenvalue weighted by molar-refractivity contribution is -0.142. The smallest absolute Gasteiger partial charge is 0.436 e. The van der Waals surface area contributed by atoms with Crippen LogP contribution in [0.1, 0.15) is 5.69 Å². The van der Waals surface area contributed by atoms with Crippen LogP contribution in [0.5, 0.6) is 11.5 Å². The van der Waals surface area contributed by atoms with Gasteiger partial charge < -0.3 is 14.4 Å². The summed E-state index contributed by atoms with van der Waals surface area (Å²) in [4.78, 5) is 0. The summed E-state index contributed by atoms with van der Waals surface area (Å²) < 4.78 is 46.4. The lowest BCUT2D eigenvalue weighted by Gasteiger charge is -2.03. The van der Waals surface area contributed by atoms with Gasteiger partial charge in [0.2, 0.25) is 0 Å². The first kappa shape index (κ1) is 12.3. The minimum Gasteiger partial charge on any atom is -0.507 e. The maximum Gasteiger partial charge on any atom is 0.436 e. The molecule has 0 atom stereocenters. The molecule has 0 bridgehead atoms. The Morgan fingerprint density at radius 3 is 2.50 bits per heavy atom. The van der Waals surface area contributed by atoms with Crippen molar-refractivity contribution in [2.24, 2.45) is 0 Å². The molecule has 0 fully saturated rings. The van der Waals surface area contributed by atoms with Crippen molar-refractivity contribution in [1.29, 1.82) is 0 Å². The van der Waals surface area contributed by atoms with Gasteiger partial charge in [0.25, 0.3) is 0 Å². The van der Waals surface area contributed by atoms with E-state index in [0.29, 0.717) is 5.75 Å². The molecule has 2 aromatic rings. The Labute approximate surface area is 99.6 Å². The van der Waals surface area contributed by atoms with Crippen LogP contribution in [0, 0.1) is 0 Å². The van der Waals surface area contributed by atoms with Crippen molar-refractivity contribution in [3.63, 3.8) is 0 Å². The van der Waals surface area contributed by atoms with E-state index in [9.17, 15) is 18.3 Å². The molecule has 0 radical (unpaired) electrons. The third-order valence-electron chi connectivity index (χ3n) is 2.27. The predicted octanol–water partition coefficient (Wildman–Crippen LogP) is 3.07. The maximum absolute atomic E-state index is 12.3. The van der Waals surface area contributed by atoms with Gasteiger partial charge in [0.15, 0.2) is 11.5 Å². The summed E-state index contributed by atoms with van der Waals surface area (Å²) in [7, 11) is 1.41. The molecule has 96 valence electrons. The molecule has 1 aromatic heterocycles. The number of halogens is 3. The van der Waals surface area contributed by atoms with E-state index in [1.807, 2.05) is 0 Å². The third-order valence-corrected chi connectivity index (χ3v) is 2.27. The van der Waals surface area contributed by atoms with Crippen LogP contribution in [-0.4, -0.2) is 17.4 Å². The molecule has 0 aliphatic carbocycles. The molecule has 0 aliphatic rings. The monoisotopic (exact) mass is 259 g/mol. The van der Waals surface area contributed by atoms with Gasteiger partial charge in [-0.3, -0.25) is 0 Å². The number of methoxy groups -OCH3 is 1. The van der Waals surface area contributed by atoms with Crippen LogP contribution in [0.2, 0.25) is 0 Å². The summed E-state index contributed by atoms with van der Waals surface area (Å²) in [6, 6.07) is 4.87. The molecule has 0 aliphatic heterocycles. The fraction of sp³-hybridized carbons (Fsp3) is 0.182. The van der Waals surface area contributed by atoms with Gasteiger partial charge in [-0.2, -0.15) is 13.2 Å². The molecular weight excluding hydrogens is 251 g/mol. The molecular formula is C11H8F3NO3. The average molecular weight is 259 g/mol. The standard InChI is InChI=1S/C11H8F3NO3/c1-17-6-2-3-7(8(16)4-6)9-5-10(15-18-9)11(12,13)14/h2-5,16H,1H3. The van der Waals surface area contributed by atoms with E-state index in [1.165, 1.54) is 25.3 Å². The molecule has 0 amide bonds.